The fourth-order valence-electron chi connectivity index (χ4n) is 3.07. The van der Waals surface area contributed by atoms with Crippen molar-refractivity contribution in [2.75, 3.05) is 5.32 Å². The zero-order chi connectivity index (χ0) is 19.7. The van der Waals surface area contributed by atoms with Gasteiger partial charge in [-0.15, -0.1) is 0 Å². The lowest BCUT2D eigenvalue weighted by molar-refractivity contribution is -0.125. The first-order valence-corrected chi connectivity index (χ1v) is 9.51. The third-order valence-electron chi connectivity index (χ3n) is 4.41. The number of Topliss-reactive ketones (excluding diaryl/α,β-unsaturated/α-hetero) is 1. The number of esters is 1. The number of cyclic esters (lactones) is 1. The molecule has 28 heavy (non-hydrogen) atoms. The Morgan fingerprint density at radius 3 is 2.57 bits per heavy atom. The van der Waals surface area contributed by atoms with Gasteiger partial charge in [-0.05, 0) is 11.6 Å². The fourth-order valence-corrected chi connectivity index (χ4v) is 3.95. The maximum Gasteiger partial charge on any atom is 0.339 e. The molecule has 2 aromatic carbocycles. The summed E-state index contributed by atoms with van der Waals surface area (Å²) < 4.78 is 5.27. The average molecular weight is 392 g/mol. The van der Waals surface area contributed by atoms with Gasteiger partial charge < -0.3 is 4.74 Å². The molecule has 0 unspecified atom stereocenters. The zero-order valence-electron chi connectivity index (χ0n) is 15.0. The summed E-state index contributed by atoms with van der Waals surface area (Å²) in [5.74, 6) is -1.11. The van der Waals surface area contributed by atoms with Gasteiger partial charge in [0.05, 0.1) is 16.1 Å². The van der Waals surface area contributed by atoms with Crippen LogP contribution < -0.4 is 5.32 Å². The van der Waals surface area contributed by atoms with Gasteiger partial charge in [-0.25, -0.2) is 9.78 Å². The summed E-state index contributed by atoms with van der Waals surface area (Å²) >= 11 is 1.11. The molecule has 0 radical (unpaired) electrons. The molecule has 0 saturated heterocycles. The first kappa shape index (κ1) is 18.1. The normalized spacial score (nSPS) is 15.5. The molecule has 0 fully saturated rings. The lowest BCUT2D eigenvalue weighted by Gasteiger charge is -2.23. The van der Waals surface area contributed by atoms with Crippen LogP contribution in [0.15, 0.2) is 54.6 Å². The maximum absolute atomic E-state index is 12.6. The van der Waals surface area contributed by atoms with E-state index in [0.717, 1.165) is 22.5 Å². The van der Waals surface area contributed by atoms with Gasteiger partial charge in [0, 0.05) is 18.9 Å². The second-order valence-corrected chi connectivity index (χ2v) is 7.36. The number of carbonyl (C=O) groups is 3. The minimum absolute atomic E-state index is 0.130. The van der Waals surface area contributed by atoms with Gasteiger partial charge in [-0.1, -0.05) is 59.9 Å². The van der Waals surface area contributed by atoms with Gasteiger partial charge in [0.1, 0.15) is 0 Å². The maximum atomic E-state index is 12.6. The van der Waals surface area contributed by atoms with Crippen molar-refractivity contribution in [3.05, 3.63) is 70.6 Å². The number of ketones is 1. The number of aromatic nitrogens is 1. The predicted molar refractivity (Wildman–Crippen MR) is 106 cm³/mol. The highest BCUT2D eigenvalue weighted by Gasteiger charge is 2.31. The third-order valence-corrected chi connectivity index (χ3v) is 5.48. The SMILES string of the molecule is CC(=O)c1sc(NC(=O)[C@@H]2Cc3ccccc3C(=O)O2)nc1-c1ccccc1. The Hall–Kier alpha value is -3.32. The summed E-state index contributed by atoms with van der Waals surface area (Å²) in [5.41, 5.74) is 2.57. The van der Waals surface area contributed by atoms with E-state index >= 15 is 0 Å². The van der Waals surface area contributed by atoms with Crippen LogP contribution in [0, 0.1) is 0 Å². The van der Waals surface area contributed by atoms with Gasteiger partial charge in [0.25, 0.3) is 5.91 Å². The lowest BCUT2D eigenvalue weighted by atomic mass is 9.98. The summed E-state index contributed by atoms with van der Waals surface area (Å²) in [5, 5.41) is 2.98. The number of ether oxygens (including phenoxy) is 1. The van der Waals surface area contributed by atoms with Crippen molar-refractivity contribution < 1.29 is 19.1 Å². The summed E-state index contributed by atoms with van der Waals surface area (Å²) in [6.45, 7) is 1.46. The number of carbonyl (C=O) groups excluding carboxylic acids is 3. The minimum Gasteiger partial charge on any atom is -0.448 e. The minimum atomic E-state index is -0.938. The molecule has 2 heterocycles. The van der Waals surface area contributed by atoms with Crippen LogP contribution in [-0.4, -0.2) is 28.7 Å². The molecule has 1 N–H and O–H groups in total. The van der Waals surface area contributed by atoms with Crippen molar-refractivity contribution >= 4 is 34.1 Å². The standard InChI is InChI=1S/C21H16N2O4S/c1-12(24)18-17(13-7-3-2-4-8-13)22-21(28-18)23-19(25)16-11-14-9-5-6-10-15(14)20(26)27-16/h2-10,16H,11H2,1H3,(H,22,23,25)/t16-/m0/s1. The molecule has 0 spiro atoms. The first-order valence-electron chi connectivity index (χ1n) is 8.70. The zero-order valence-corrected chi connectivity index (χ0v) is 15.8. The van der Waals surface area contributed by atoms with Gasteiger partial charge in [-0.2, -0.15) is 0 Å². The Labute approximate surface area is 165 Å². The Bertz CT molecular complexity index is 1080. The summed E-state index contributed by atoms with van der Waals surface area (Å²) in [6, 6.07) is 16.4. The topological polar surface area (TPSA) is 85.4 Å². The van der Waals surface area contributed by atoms with E-state index in [-0.39, 0.29) is 5.78 Å². The number of nitrogens with one attached hydrogen (secondary N) is 1. The van der Waals surface area contributed by atoms with E-state index in [1.165, 1.54) is 6.92 Å². The van der Waals surface area contributed by atoms with Crippen molar-refractivity contribution in [1.82, 2.24) is 4.98 Å². The smallest absolute Gasteiger partial charge is 0.339 e. The van der Waals surface area contributed by atoms with E-state index in [9.17, 15) is 14.4 Å². The van der Waals surface area contributed by atoms with Crippen LogP contribution in [0.3, 0.4) is 0 Å². The second kappa shape index (κ2) is 7.36. The molecule has 140 valence electrons. The van der Waals surface area contributed by atoms with Crippen LogP contribution in [0.1, 0.15) is 32.5 Å². The number of nitrogens with zero attached hydrogens (tertiary/aromatic N) is 1. The fraction of sp³-hybridized carbons (Fsp3) is 0.143. The molecule has 0 aliphatic carbocycles. The highest BCUT2D eigenvalue weighted by Crippen LogP contribution is 2.32. The van der Waals surface area contributed by atoms with Crippen molar-refractivity contribution in [3.63, 3.8) is 0 Å². The van der Waals surface area contributed by atoms with Gasteiger partial charge in [0.2, 0.25) is 0 Å². The molecule has 6 nitrogen and oxygen atoms in total. The number of thiazole rings is 1. The predicted octanol–water partition coefficient (Wildman–Crippen LogP) is 3.73. The van der Waals surface area contributed by atoms with Crippen molar-refractivity contribution in [2.45, 2.75) is 19.4 Å². The van der Waals surface area contributed by atoms with E-state index in [1.54, 1.807) is 18.2 Å². The van der Waals surface area contributed by atoms with E-state index < -0.39 is 18.0 Å². The van der Waals surface area contributed by atoms with Gasteiger partial charge >= 0.3 is 5.97 Å². The number of anilines is 1. The number of rotatable bonds is 4. The highest BCUT2D eigenvalue weighted by molar-refractivity contribution is 7.18. The number of benzene rings is 2. The molecule has 3 aromatic rings. The van der Waals surface area contributed by atoms with E-state index in [0.29, 0.717) is 27.7 Å². The van der Waals surface area contributed by atoms with Crippen molar-refractivity contribution in [1.29, 1.82) is 0 Å². The van der Waals surface area contributed by atoms with E-state index in [2.05, 4.69) is 10.3 Å². The Balaban J connectivity index is 1.57. The van der Waals surface area contributed by atoms with E-state index in [4.69, 9.17) is 4.74 Å². The Morgan fingerprint density at radius 2 is 1.82 bits per heavy atom. The van der Waals surface area contributed by atoms with Crippen LogP contribution in [0.5, 0.6) is 0 Å². The van der Waals surface area contributed by atoms with Crippen LogP contribution >= 0.6 is 11.3 Å². The number of fused-ring (bicyclic) bond motifs is 1. The summed E-state index contributed by atoms with van der Waals surface area (Å²) in [7, 11) is 0. The number of hydrogen-bond acceptors (Lipinski definition) is 6. The number of amides is 1. The molecule has 4 rings (SSSR count). The molecular formula is C21H16N2O4S. The lowest BCUT2D eigenvalue weighted by Crippen LogP contribution is -2.37. The van der Waals surface area contributed by atoms with Crippen LogP contribution in [0.2, 0.25) is 0 Å². The average Bonchev–Trinajstić information content (AvgIpc) is 3.13. The summed E-state index contributed by atoms with van der Waals surface area (Å²) in [4.78, 5) is 41.7. The monoisotopic (exact) mass is 392 g/mol. The molecule has 1 aliphatic heterocycles. The molecule has 7 heteroatoms. The first-order chi connectivity index (χ1) is 13.5. The number of hydrogen-bond donors (Lipinski definition) is 1. The highest BCUT2D eigenvalue weighted by atomic mass is 32.1. The van der Waals surface area contributed by atoms with Crippen molar-refractivity contribution in [3.8, 4) is 11.3 Å². The molecule has 0 saturated carbocycles. The molecule has 1 amide bonds. The quantitative estimate of drug-likeness (QED) is 0.540. The van der Waals surface area contributed by atoms with Gasteiger partial charge in [-0.3, -0.25) is 14.9 Å². The second-order valence-electron chi connectivity index (χ2n) is 6.36. The van der Waals surface area contributed by atoms with Crippen molar-refractivity contribution in [2.24, 2.45) is 0 Å². The Morgan fingerprint density at radius 1 is 1.11 bits per heavy atom. The molecule has 1 aliphatic rings. The van der Waals surface area contributed by atoms with E-state index in [1.807, 2.05) is 36.4 Å². The van der Waals surface area contributed by atoms with Gasteiger partial charge in [0.15, 0.2) is 17.0 Å². The van der Waals surface area contributed by atoms with Crippen LogP contribution in [0.4, 0.5) is 5.13 Å². The van der Waals surface area contributed by atoms with Crippen LogP contribution in [-0.2, 0) is 16.0 Å². The third kappa shape index (κ3) is 3.44. The molecule has 0 bridgehead atoms. The summed E-state index contributed by atoms with van der Waals surface area (Å²) in [6.07, 6.45) is -0.642. The molecule has 1 aromatic heterocycles. The molecule has 1 atom stereocenters. The molecular weight excluding hydrogens is 376 g/mol. The Kier molecular flexibility index (Phi) is 4.75. The largest absolute Gasteiger partial charge is 0.448 e. The van der Waals surface area contributed by atoms with Crippen LogP contribution in [0.25, 0.3) is 11.3 Å².